The Bertz CT molecular complexity index is 626. The molecule has 1 amide bonds. The summed E-state index contributed by atoms with van der Waals surface area (Å²) in [6.07, 6.45) is 2.60. The van der Waals surface area contributed by atoms with E-state index in [1.807, 2.05) is 6.07 Å². The average molecular weight is 245 g/mol. The molecule has 2 aromatic heterocycles. The van der Waals surface area contributed by atoms with Gasteiger partial charge in [0.15, 0.2) is 5.82 Å². The molecule has 0 fully saturated rings. The molecule has 0 aliphatic carbocycles. The maximum absolute atomic E-state index is 12.6. The molecule has 0 aromatic carbocycles. The number of nitriles is 1. The Labute approximate surface area is 102 Å². The second-order valence-electron chi connectivity index (χ2n) is 3.50. The smallest absolute Gasteiger partial charge is 0.258 e. The maximum atomic E-state index is 12.6. The summed E-state index contributed by atoms with van der Waals surface area (Å²) in [4.78, 5) is 15.1. The fourth-order valence-corrected chi connectivity index (χ4v) is 1.35. The summed E-state index contributed by atoms with van der Waals surface area (Å²) in [5, 5.41) is 15.2. The van der Waals surface area contributed by atoms with E-state index in [1.165, 1.54) is 16.9 Å². The summed E-state index contributed by atoms with van der Waals surface area (Å²) in [7, 11) is 1.63. The first-order chi connectivity index (χ1) is 8.60. The van der Waals surface area contributed by atoms with Gasteiger partial charge < -0.3 is 5.32 Å². The molecule has 7 heteroatoms. The van der Waals surface area contributed by atoms with Gasteiger partial charge in [0.25, 0.3) is 5.91 Å². The number of nitrogens with zero attached hydrogens (tertiary/aromatic N) is 4. The number of amides is 1. The van der Waals surface area contributed by atoms with Crippen molar-refractivity contribution in [1.82, 2.24) is 14.8 Å². The molecule has 2 aromatic rings. The van der Waals surface area contributed by atoms with Crippen molar-refractivity contribution in [3.05, 3.63) is 41.6 Å². The molecule has 0 bridgehead atoms. The van der Waals surface area contributed by atoms with Crippen LogP contribution in [0.25, 0.3) is 0 Å². The average Bonchev–Trinajstić information content (AvgIpc) is 2.70. The van der Waals surface area contributed by atoms with Crippen LogP contribution < -0.4 is 5.32 Å². The number of nitrogens with one attached hydrogen (secondary N) is 1. The second kappa shape index (κ2) is 4.63. The van der Waals surface area contributed by atoms with E-state index in [-0.39, 0.29) is 16.9 Å². The number of rotatable bonds is 2. The molecule has 0 unspecified atom stereocenters. The lowest BCUT2D eigenvalue weighted by Crippen LogP contribution is -2.13. The molecule has 0 atom stereocenters. The van der Waals surface area contributed by atoms with Crippen molar-refractivity contribution in [2.24, 2.45) is 7.05 Å². The number of hydrogen-bond donors (Lipinski definition) is 1. The normalized spacial score (nSPS) is 9.83. The first-order valence-corrected chi connectivity index (χ1v) is 4.97. The summed E-state index contributed by atoms with van der Waals surface area (Å²) < 4.78 is 14.0. The highest BCUT2D eigenvalue weighted by molar-refractivity contribution is 6.04. The molecular formula is C11H8FN5O. The highest BCUT2D eigenvalue weighted by Crippen LogP contribution is 2.12. The highest BCUT2D eigenvalue weighted by Gasteiger charge is 2.12. The van der Waals surface area contributed by atoms with E-state index < -0.39 is 11.9 Å². The number of anilines is 1. The van der Waals surface area contributed by atoms with Crippen LogP contribution in [-0.4, -0.2) is 20.7 Å². The number of pyridine rings is 1. The van der Waals surface area contributed by atoms with Gasteiger partial charge in [-0.25, -0.2) is 4.98 Å². The third-order valence-corrected chi connectivity index (χ3v) is 2.17. The molecule has 1 N–H and O–H groups in total. The minimum atomic E-state index is -0.665. The Morgan fingerprint density at radius 1 is 1.56 bits per heavy atom. The van der Waals surface area contributed by atoms with Crippen molar-refractivity contribution < 1.29 is 9.18 Å². The standard InChI is InChI=1S/C11H8FN5O/c1-17-6-8(4-13)10(16-17)15-11(18)7-2-3-9(12)14-5-7/h2-3,5-6H,1H3,(H,15,16,18). The molecule has 0 radical (unpaired) electrons. The van der Waals surface area contributed by atoms with Crippen LogP contribution in [-0.2, 0) is 7.05 Å². The van der Waals surface area contributed by atoms with Gasteiger partial charge in [0.05, 0.1) is 5.56 Å². The van der Waals surface area contributed by atoms with Gasteiger partial charge in [0, 0.05) is 19.4 Å². The van der Waals surface area contributed by atoms with Crippen LogP contribution in [0.15, 0.2) is 24.5 Å². The number of halogens is 1. The molecule has 18 heavy (non-hydrogen) atoms. The lowest BCUT2D eigenvalue weighted by molar-refractivity contribution is 0.102. The van der Waals surface area contributed by atoms with Crippen LogP contribution >= 0.6 is 0 Å². The first kappa shape index (κ1) is 11.7. The number of aromatic nitrogens is 3. The Morgan fingerprint density at radius 3 is 2.94 bits per heavy atom. The van der Waals surface area contributed by atoms with Gasteiger partial charge in [-0.2, -0.15) is 14.8 Å². The Hall–Kier alpha value is -2.75. The predicted molar refractivity (Wildman–Crippen MR) is 60.1 cm³/mol. The monoisotopic (exact) mass is 245 g/mol. The second-order valence-corrected chi connectivity index (χ2v) is 3.50. The molecule has 90 valence electrons. The summed E-state index contributed by atoms with van der Waals surface area (Å²) in [6, 6.07) is 4.29. The molecule has 0 aliphatic heterocycles. The van der Waals surface area contributed by atoms with Crippen molar-refractivity contribution in [3.63, 3.8) is 0 Å². The number of carbonyl (C=O) groups excluding carboxylic acids is 1. The van der Waals surface area contributed by atoms with Crippen LogP contribution in [0.4, 0.5) is 10.2 Å². The van der Waals surface area contributed by atoms with Crippen LogP contribution in [0.2, 0.25) is 0 Å². The summed E-state index contributed by atoms with van der Waals surface area (Å²) in [6.45, 7) is 0. The number of hydrogen-bond acceptors (Lipinski definition) is 4. The summed E-state index contributed by atoms with van der Waals surface area (Å²) in [5.74, 6) is -1.01. The van der Waals surface area contributed by atoms with Crippen LogP contribution in [0.5, 0.6) is 0 Å². The molecular weight excluding hydrogens is 237 g/mol. The lowest BCUT2D eigenvalue weighted by Gasteiger charge is -2.01. The lowest BCUT2D eigenvalue weighted by atomic mass is 10.2. The van der Waals surface area contributed by atoms with Gasteiger partial charge in [-0.05, 0) is 12.1 Å². The number of aryl methyl sites for hydroxylation is 1. The number of carbonyl (C=O) groups is 1. The van der Waals surface area contributed by atoms with E-state index in [0.717, 1.165) is 12.3 Å². The quantitative estimate of drug-likeness (QED) is 0.802. The highest BCUT2D eigenvalue weighted by atomic mass is 19.1. The van der Waals surface area contributed by atoms with Gasteiger partial charge in [0.2, 0.25) is 5.95 Å². The van der Waals surface area contributed by atoms with E-state index >= 15 is 0 Å². The SMILES string of the molecule is Cn1cc(C#N)c(NC(=O)c2ccc(F)nc2)n1. The Kier molecular flexibility index (Phi) is 3.02. The molecule has 0 saturated heterocycles. The molecule has 0 spiro atoms. The third kappa shape index (κ3) is 2.32. The van der Waals surface area contributed by atoms with Gasteiger partial charge in [-0.15, -0.1) is 0 Å². The van der Waals surface area contributed by atoms with E-state index in [1.54, 1.807) is 7.05 Å². The van der Waals surface area contributed by atoms with E-state index in [0.29, 0.717) is 0 Å². The van der Waals surface area contributed by atoms with Crippen molar-refractivity contribution >= 4 is 11.7 Å². The predicted octanol–water partition coefficient (Wildman–Crippen LogP) is 1.08. The first-order valence-electron chi connectivity index (χ1n) is 4.97. The maximum Gasteiger partial charge on any atom is 0.258 e. The third-order valence-electron chi connectivity index (χ3n) is 2.17. The van der Waals surface area contributed by atoms with Crippen molar-refractivity contribution in [2.75, 3.05) is 5.32 Å². The molecule has 2 heterocycles. The summed E-state index contributed by atoms with van der Waals surface area (Å²) in [5.41, 5.74) is 0.437. The van der Waals surface area contributed by atoms with E-state index in [9.17, 15) is 9.18 Å². The van der Waals surface area contributed by atoms with Gasteiger partial charge in [-0.3, -0.25) is 9.48 Å². The molecule has 2 rings (SSSR count). The van der Waals surface area contributed by atoms with E-state index in [4.69, 9.17) is 5.26 Å². The van der Waals surface area contributed by atoms with Crippen molar-refractivity contribution in [3.8, 4) is 6.07 Å². The fraction of sp³-hybridized carbons (Fsp3) is 0.0909. The molecule has 0 saturated carbocycles. The molecule has 0 aliphatic rings. The zero-order valence-electron chi connectivity index (χ0n) is 9.38. The zero-order valence-corrected chi connectivity index (χ0v) is 9.38. The summed E-state index contributed by atoms with van der Waals surface area (Å²) >= 11 is 0. The Balaban J connectivity index is 2.21. The van der Waals surface area contributed by atoms with E-state index in [2.05, 4.69) is 15.4 Å². The fourth-order valence-electron chi connectivity index (χ4n) is 1.35. The largest absolute Gasteiger partial charge is 0.304 e. The van der Waals surface area contributed by atoms with Crippen LogP contribution in [0.3, 0.4) is 0 Å². The van der Waals surface area contributed by atoms with Crippen molar-refractivity contribution in [2.45, 2.75) is 0 Å². The topological polar surface area (TPSA) is 83.6 Å². The minimum absolute atomic E-state index is 0.161. The van der Waals surface area contributed by atoms with Crippen molar-refractivity contribution in [1.29, 1.82) is 5.26 Å². The van der Waals surface area contributed by atoms with Gasteiger partial charge in [-0.1, -0.05) is 0 Å². The zero-order chi connectivity index (χ0) is 13.1. The Morgan fingerprint density at radius 2 is 2.33 bits per heavy atom. The molecule has 6 nitrogen and oxygen atoms in total. The van der Waals surface area contributed by atoms with Gasteiger partial charge >= 0.3 is 0 Å². The minimum Gasteiger partial charge on any atom is -0.304 e. The van der Waals surface area contributed by atoms with Crippen LogP contribution in [0, 0.1) is 17.3 Å². The van der Waals surface area contributed by atoms with Crippen LogP contribution in [0.1, 0.15) is 15.9 Å². The van der Waals surface area contributed by atoms with Gasteiger partial charge in [0.1, 0.15) is 11.6 Å².